The van der Waals surface area contributed by atoms with E-state index in [9.17, 15) is 0 Å². The summed E-state index contributed by atoms with van der Waals surface area (Å²) in [6.07, 6.45) is 6.32. The van der Waals surface area contributed by atoms with E-state index in [2.05, 4.69) is 235 Å². The van der Waals surface area contributed by atoms with Crippen molar-refractivity contribution in [1.29, 1.82) is 0 Å². The van der Waals surface area contributed by atoms with Crippen molar-refractivity contribution in [3.05, 3.63) is 248 Å². The van der Waals surface area contributed by atoms with E-state index in [-0.39, 0.29) is 5.41 Å². The zero-order valence-electron chi connectivity index (χ0n) is 37.9. The Kier molecular flexibility index (Phi) is 9.79. The monoisotopic (exact) mass is 871 g/mol. The quantitative estimate of drug-likeness (QED) is 0.151. The van der Waals surface area contributed by atoms with E-state index in [0.717, 1.165) is 55.7 Å². The van der Waals surface area contributed by atoms with Crippen molar-refractivity contribution in [2.75, 3.05) is 4.90 Å². The third-order valence-corrected chi connectivity index (χ3v) is 14.9. The molecule has 0 radical (unpaired) electrons. The number of fused-ring (bicyclic) bond motifs is 8. The lowest BCUT2D eigenvalue weighted by molar-refractivity contribution is 0.353. The van der Waals surface area contributed by atoms with Gasteiger partial charge in [-0.15, -0.1) is 0 Å². The van der Waals surface area contributed by atoms with Gasteiger partial charge in [0.15, 0.2) is 0 Å². The van der Waals surface area contributed by atoms with Crippen LogP contribution < -0.4 is 4.90 Å². The molecule has 0 bridgehead atoms. The Morgan fingerprint density at radius 2 is 0.838 bits per heavy atom. The van der Waals surface area contributed by atoms with Gasteiger partial charge in [0.25, 0.3) is 0 Å². The van der Waals surface area contributed by atoms with Crippen LogP contribution in [0.1, 0.15) is 43.2 Å². The molecule has 0 atom stereocenters. The number of para-hydroxylation sites is 4. The Bertz CT molecular complexity index is 3670. The minimum atomic E-state index is 0.102. The van der Waals surface area contributed by atoms with Crippen molar-refractivity contribution in [2.24, 2.45) is 0 Å². The molecular formula is C66H49NO. The maximum absolute atomic E-state index is 6.73. The number of rotatable bonds is 8. The Hall–Kier alpha value is -8.20. The molecule has 1 saturated carbocycles. The van der Waals surface area contributed by atoms with Gasteiger partial charge in [0.2, 0.25) is 0 Å². The van der Waals surface area contributed by atoms with Gasteiger partial charge in [0.1, 0.15) is 11.2 Å². The normalized spacial score (nSPS) is 13.7. The second-order valence-electron chi connectivity index (χ2n) is 18.6. The lowest BCUT2D eigenvalue weighted by Crippen LogP contribution is -2.28. The average molecular weight is 872 g/mol. The number of hydrogen-bond acceptors (Lipinski definition) is 2. The molecular weight excluding hydrogens is 823 g/mol. The molecule has 0 unspecified atom stereocenters. The van der Waals surface area contributed by atoms with E-state index in [1.54, 1.807) is 0 Å². The van der Waals surface area contributed by atoms with E-state index in [0.29, 0.717) is 0 Å². The molecule has 68 heavy (non-hydrogen) atoms. The Labute approximate surface area is 398 Å². The summed E-state index contributed by atoms with van der Waals surface area (Å²) in [6.45, 7) is 0. The second-order valence-corrected chi connectivity index (χ2v) is 18.6. The van der Waals surface area contributed by atoms with Crippen molar-refractivity contribution < 1.29 is 4.42 Å². The smallest absolute Gasteiger partial charge is 0.143 e. The minimum absolute atomic E-state index is 0.102. The highest BCUT2D eigenvalue weighted by Crippen LogP contribution is 2.56. The van der Waals surface area contributed by atoms with Gasteiger partial charge < -0.3 is 9.32 Å². The summed E-state index contributed by atoms with van der Waals surface area (Å²) in [5.74, 6) is 0. The van der Waals surface area contributed by atoms with Crippen LogP contribution in [0.2, 0.25) is 0 Å². The fourth-order valence-corrected chi connectivity index (χ4v) is 11.8. The van der Waals surface area contributed by atoms with Gasteiger partial charge in [-0.2, -0.15) is 0 Å². The maximum atomic E-state index is 6.73. The second kappa shape index (κ2) is 16.6. The maximum Gasteiger partial charge on any atom is 0.143 e. The van der Waals surface area contributed by atoms with Crippen molar-refractivity contribution in [3.63, 3.8) is 0 Å². The first kappa shape index (κ1) is 40.1. The summed E-state index contributed by atoms with van der Waals surface area (Å²) in [7, 11) is 0. The van der Waals surface area contributed by atoms with E-state index < -0.39 is 0 Å². The number of anilines is 3. The highest BCUT2D eigenvalue weighted by atomic mass is 16.3. The van der Waals surface area contributed by atoms with E-state index in [1.165, 1.54) is 93.3 Å². The van der Waals surface area contributed by atoms with Gasteiger partial charge in [0.05, 0.1) is 11.4 Å². The van der Waals surface area contributed by atoms with Crippen LogP contribution in [0.15, 0.2) is 241 Å². The summed E-state index contributed by atoms with van der Waals surface area (Å²) >= 11 is 0. The Morgan fingerprint density at radius 1 is 0.324 bits per heavy atom. The lowest BCUT2D eigenvalue weighted by atomic mass is 9.67. The van der Waals surface area contributed by atoms with Crippen LogP contribution in [-0.4, -0.2) is 0 Å². The first-order valence-corrected chi connectivity index (χ1v) is 24.2. The van der Waals surface area contributed by atoms with Gasteiger partial charge in [-0.25, -0.2) is 0 Å². The molecule has 11 aromatic rings. The molecule has 10 aromatic carbocycles. The average Bonchev–Trinajstić information content (AvgIpc) is 3.93. The summed E-state index contributed by atoms with van der Waals surface area (Å²) in [5.41, 5.74) is 22.7. The summed E-state index contributed by atoms with van der Waals surface area (Å²) in [6, 6.07) is 86.8. The zero-order chi connectivity index (χ0) is 45.0. The first-order chi connectivity index (χ1) is 33.7. The van der Waals surface area contributed by atoms with E-state index in [1.807, 2.05) is 6.07 Å². The number of furan rings is 1. The molecule has 1 fully saturated rings. The van der Waals surface area contributed by atoms with Crippen LogP contribution in [0.3, 0.4) is 0 Å². The number of nitrogens with zero attached hydrogens (tertiary/aromatic N) is 1. The fourth-order valence-electron chi connectivity index (χ4n) is 11.8. The topological polar surface area (TPSA) is 16.4 Å². The van der Waals surface area contributed by atoms with Gasteiger partial charge in [0, 0.05) is 38.6 Å². The molecule has 2 nitrogen and oxygen atoms in total. The van der Waals surface area contributed by atoms with Crippen molar-refractivity contribution in [2.45, 2.75) is 37.5 Å². The zero-order valence-corrected chi connectivity index (χ0v) is 37.9. The third kappa shape index (κ3) is 6.54. The molecule has 1 heterocycles. The Balaban J connectivity index is 0.990. The molecule has 13 rings (SSSR count). The van der Waals surface area contributed by atoms with Crippen molar-refractivity contribution >= 4 is 39.0 Å². The van der Waals surface area contributed by atoms with Crippen molar-refractivity contribution in [3.8, 4) is 66.8 Å². The molecule has 2 aliphatic rings. The van der Waals surface area contributed by atoms with Crippen LogP contribution >= 0.6 is 0 Å². The minimum Gasteiger partial charge on any atom is -0.455 e. The molecule has 2 aliphatic carbocycles. The van der Waals surface area contributed by atoms with E-state index >= 15 is 0 Å². The van der Waals surface area contributed by atoms with Crippen LogP contribution in [-0.2, 0) is 5.41 Å². The Morgan fingerprint density at radius 3 is 1.57 bits per heavy atom. The van der Waals surface area contributed by atoms with Crippen LogP contribution in [0, 0.1) is 0 Å². The molecule has 0 aliphatic heterocycles. The third-order valence-electron chi connectivity index (χ3n) is 14.9. The van der Waals surface area contributed by atoms with E-state index in [4.69, 9.17) is 4.42 Å². The van der Waals surface area contributed by atoms with Gasteiger partial charge in [-0.1, -0.05) is 219 Å². The van der Waals surface area contributed by atoms with Crippen molar-refractivity contribution in [1.82, 2.24) is 0 Å². The molecule has 0 N–H and O–H groups in total. The fraction of sp³-hybridized carbons (Fsp3) is 0.0909. The van der Waals surface area contributed by atoms with Gasteiger partial charge >= 0.3 is 0 Å². The molecule has 1 aromatic heterocycles. The SMILES string of the molecule is c1ccc(-c2ccccc2-c2ccccc2-c2ccccc2N(c2ccc(-c3ccc4c(c3)C3(CCCCC3)c3ccccc3-4)cc2)c2ccccc2-c2cccc3c2oc2ccccc23)cc1. The number of benzene rings is 10. The molecule has 1 spiro atoms. The first-order valence-electron chi connectivity index (χ1n) is 24.2. The van der Waals surface area contributed by atoms with Gasteiger partial charge in [-0.05, 0) is 110 Å². The van der Waals surface area contributed by atoms with Crippen LogP contribution in [0.25, 0.3) is 88.7 Å². The number of hydrogen-bond donors (Lipinski definition) is 0. The van der Waals surface area contributed by atoms with Gasteiger partial charge in [-0.3, -0.25) is 0 Å². The molecule has 324 valence electrons. The van der Waals surface area contributed by atoms with Crippen LogP contribution in [0.4, 0.5) is 17.1 Å². The highest BCUT2D eigenvalue weighted by Gasteiger charge is 2.43. The largest absolute Gasteiger partial charge is 0.455 e. The molecule has 2 heteroatoms. The highest BCUT2D eigenvalue weighted by molar-refractivity contribution is 6.11. The summed E-state index contributed by atoms with van der Waals surface area (Å²) in [5, 5.41) is 2.24. The predicted molar refractivity (Wildman–Crippen MR) is 285 cm³/mol. The molecule has 0 amide bonds. The summed E-state index contributed by atoms with van der Waals surface area (Å²) in [4.78, 5) is 2.46. The predicted octanol–water partition coefficient (Wildman–Crippen LogP) is 18.6. The lowest BCUT2D eigenvalue weighted by Gasteiger charge is -2.36. The standard InChI is InChI=1S/C66H49NO/c1-3-20-46(21-4-1)49-22-5-6-23-50(49)51-24-7-8-25-52(51)55-27-10-14-33-62(55)67(63-34-15-11-28-56(63)58-30-19-31-59-57-29-12-16-35-64(57)68-65(58)59)48-39-36-45(37-40-48)47-38-41-54-53-26-9-13-32-60(53)66(61(54)44-47)42-17-2-18-43-66/h1,3-16,19-41,44H,2,17-18,42-43H2. The van der Waals surface area contributed by atoms with Crippen LogP contribution in [0.5, 0.6) is 0 Å². The summed E-state index contributed by atoms with van der Waals surface area (Å²) < 4.78 is 6.73. The molecule has 0 saturated heterocycles.